The van der Waals surface area contributed by atoms with Crippen molar-refractivity contribution in [3.8, 4) is 11.1 Å². The van der Waals surface area contributed by atoms with Gasteiger partial charge in [0.15, 0.2) is 0 Å². The lowest BCUT2D eigenvalue weighted by Crippen LogP contribution is -2.09. The first kappa shape index (κ1) is 19.6. The summed E-state index contributed by atoms with van der Waals surface area (Å²) in [4.78, 5) is 4.96. The minimum atomic E-state index is 0.596. The van der Waals surface area contributed by atoms with Crippen molar-refractivity contribution in [1.29, 1.82) is 0 Å². The number of rotatable bonds is 5. The average Bonchev–Trinajstić information content (AvgIpc) is 3.14. The maximum absolute atomic E-state index is 4.96. The van der Waals surface area contributed by atoms with Crippen LogP contribution in [0.2, 0.25) is 0 Å². The van der Waals surface area contributed by atoms with E-state index in [2.05, 4.69) is 76.4 Å². The maximum atomic E-state index is 4.96. The molecule has 1 aliphatic heterocycles. The lowest BCUT2D eigenvalue weighted by atomic mass is 9.91. The standard InChI is InChI=1S/C28H31N/c1-18(2)13-26-14-19(3)15-28(29-26)21(5)27-17-25(10-9-20(27)4)24-12-11-22-7-6-8-23(22)16-24/h9-12,15-18H,3,5-8,13-14H2,1-2,4H3. The third-order valence-electron chi connectivity index (χ3n) is 6.00. The second-order valence-electron chi connectivity index (χ2n) is 8.99. The molecule has 1 nitrogen and oxygen atoms in total. The Labute approximate surface area is 175 Å². The van der Waals surface area contributed by atoms with E-state index in [4.69, 9.17) is 4.99 Å². The molecule has 2 aliphatic rings. The van der Waals surface area contributed by atoms with Crippen molar-refractivity contribution in [3.63, 3.8) is 0 Å². The molecule has 1 heteroatoms. The van der Waals surface area contributed by atoms with Gasteiger partial charge in [-0.2, -0.15) is 0 Å². The van der Waals surface area contributed by atoms with E-state index in [1.165, 1.54) is 58.4 Å². The highest BCUT2D eigenvalue weighted by Gasteiger charge is 2.17. The maximum Gasteiger partial charge on any atom is 0.0704 e. The molecule has 0 aromatic heterocycles. The number of aryl methyl sites for hydroxylation is 3. The molecule has 0 amide bonds. The van der Waals surface area contributed by atoms with E-state index in [-0.39, 0.29) is 0 Å². The second-order valence-corrected chi connectivity index (χ2v) is 8.99. The topological polar surface area (TPSA) is 12.4 Å². The second kappa shape index (κ2) is 7.99. The van der Waals surface area contributed by atoms with Gasteiger partial charge in [0.1, 0.15) is 0 Å². The van der Waals surface area contributed by atoms with Crippen molar-refractivity contribution in [3.05, 3.63) is 89.2 Å². The van der Waals surface area contributed by atoms with Crippen LogP contribution in [0.1, 0.15) is 55.4 Å². The molecule has 0 spiro atoms. The zero-order valence-corrected chi connectivity index (χ0v) is 18.0. The van der Waals surface area contributed by atoms with Crippen molar-refractivity contribution in [2.24, 2.45) is 10.9 Å². The average molecular weight is 382 g/mol. The lowest BCUT2D eigenvalue weighted by molar-refractivity contribution is 0.678. The molecule has 0 bridgehead atoms. The van der Waals surface area contributed by atoms with Crippen LogP contribution in [0.15, 0.2) is 71.9 Å². The summed E-state index contributed by atoms with van der Waals surface area (Å²) in [5, 5.41) is 0. The van der Waals surface area contributed by atoms with Gasteiger partial charge in [-0.05, 0) is 89.6 Å². The normalized spacial score (nSPS) is 15.9. The number of hydrogen-bond acceptors (Lipinski definition) is 1. The van der Waals surface area contributed by atoms with Gasteiger partial charge in [0.2, 0.25) is 0 Å². The van der Waals surface area contributed by atoms with E-state index in [0.29, 0.717) is 5.92 Å². The fraction of sp³-hybridized carbons (Fsp3) is 0.321. The van der Waals surface area contributed by atoms with Crippen LogP contribution in [0.5, 0.6) is 0 Å². The molecule has 2 aromatic carbocycles. The first-order chi connectivity index (χ1) is 13.9. The number of allylic oxidation sites excluding steroid dienone is 3. The van der Waals surface area contributed by atoms with Crippen molar-refractivity contribution in [1.82, 2.24) is 0 Å². The number of benzene rings is 2. The Morgan fingerprint density at radius 2 is 1.76 bits per heavy atom. The van der Waals surface area contributed by atoms with Crippen LogP contribution in [0.4, 0.5) is 0 Å². The molecule has 0 unspecified atom stereocenters. The molecule has 0 fully saturated rings. The van der Waals surface area contributed by atoms with Gasteiger partial charge in [0.25, 0.3) is 0 Å². The summed E-state index contributed by atoms with van der Waals surface area (Å²) >= 11 is 0. The number of aliphatic imine (C=N–C) groups is 1. The summed E-state index contributed by atoms with van der Waals surface area (Å²) in [5.74, 6) is 0.596. The molecule has 1 heterocycles. The summed E-state index contributed by atoms with van der Waals surface area (Å²) in [6.07, 6.45) is 7.70. The van der Waals surface area contributed by atoms with E-state index >= 15 is 0 Å². The molecular formula is C28H31N. The SMILES string of the molecule is C=C1C=C(C(=C)c2cc(-c3ccc4c(c3)CCC4)ccc2C)N=C(CC(C)C)C1. The van der Waals surface area contributed by atoms with Crippen LogP contribution in [0.3, 0.4) is 0 Å². The molecule has 1 aliphatic carbocycles. The van der Waals surface area contributed by atoms with Crippen LogP contribution in [-0.4, -0.2) is 5.71 Å². The molecule has 0 radical (unpaired) electrons. The third kappa shape index (κ3) is 4.19. The van der Waals surface area contributed by atoms with E-state index in [1.807, 2.05) is 0 Å². The van der Waals surface area contributed by atoms with E-state index < -0.39 is 0 Å². The van der Waals surface area contributed by atoms with Crippen molar-refractivity contribution < 1.29 is 0 Å². The minimum absolute atomic E-state index is 0.596. The molecule has 0 N–H and O–H groups in total. The van der Waals surface area contributed by atoms with Gasteiger partial charge in [-0.1, -0.05) is 57.3 Å². The molecule has 0 atom stereocenters. The van der Waals surface area contributed by atoms with Crippen molar-refractivity contribution >= 4 is 11.3 Å². The molecular weight excluding hydrogens is 350 g/mol. The van der Waals surface area contributed by atoms with Crippen LogP contribution in [-0.2, 0) is 12.8 Å². The molecule has 0 saturated heterocycles. The van der Waals surface area contributed by atoms with Gasteiger partial charge in [-0.3, -0.25) is 4.99 Å². The van der Waals surface area contributed by atoms with Gasteiger partial charge >= 0.3 is 0 Å². The third-order valence-corrected chi connectivity index (χ3v) is 6.00. The molecule has 4 rings (SSSR count). The van der Waals surface area contributed by atoms with Crippen LogP contribution >= 0.6 is 0 Å². The zero-order chi connectivity index (χ0) is 20.5. The predicted molar refractivity (Wildman–Crippen MR) is 126 cm³/mol. The van der Waals surface area contributed by atoms with Crippen molar-refractivity contribution in [2.75, 3.05) is 0 Å². The summed E-state index contributed by atoms with van der Waals surface area (Å²) in [6, 6.07) is 13.7. The number of fused-ring (bicyclic) bond motifs is 1. The highest BCUT2D eigenvalue weighted by molar-refractivity contribution is 5.94. The van der Waals surface area contributed by atoms with Crippen LogP contribution in [0, 0.1) is 12.8 Å². The zero-order valence-electron chi connectivity index (χ0n) is 18.0. The van der Waals surface area contributed by atoms with Crippen LogP contribution in [0.25, 0.3) is 16.7 Å². The summed E-state index contributed by atoms with van der Waals surface area (Å²) in [6.45, 7) is 15.3. The Bertz CT molecular complexity index is 1050. The molecule has 0 saturated carbocycles. The fourth-order valence-corrected chi connectivity index (χ4v) is 4.51. The Hall–Kier alpha value is -2.67. The van der Waals surface area contributed by atoms with Gasteiger partial charge in [0.05, 0.1) is 5.70 Å². The highest BCUT2D eigenvalue weighted by atomic mass is 14.8. The smallest absolute Gasteiger partial charge is 0.0704 e. The lowest BCUT2D eigenvalue weighted by Gasteiger charge is -2.19. The number of nitrogens with zero attached hydrogens (tertiary/aromatic N) is 1. The molecule has 148 valence electrons. The largest absolute Gasteiger partial charge is 0.257 e. The summed E-state index contributed by atoms with van der Waals surface area (Å²) in [5.41, 5.74) is 12.3. The summed E-state index contributed by atoms with van der Waals surface area (Å²) < 4.78 is 0. The molecule has 2 aromatic rings. The van der Waals surface area contributed by atoms with E-state index in [0.717, 1.165) is 29.7 Å². The Balaban J connectivity index is 1.68. The fourth-order valence-electron chi connectivity index (χ4n) is 4.51. The van der Waals surface area contributed by atoms with Gasteiger partial charge in [-0.15, -0.1) is 0 Å². The quantitative estimate of drug-likeness (QED) is 0.508. The minimum Gasteiger partial charge on any atom is -0.257 e. The van der Waals surface area contributed by atoms with E-state index in [9.17, 15) is 0 Å². The Kier molecular flexibility index (Phi) is 5.41. The predicted octanol–water partition coefficient (Wildman–Crippen LogP) is 7.49. The first-order valence-electron chi connectivity index (χ1n) is 10.8. The number of hydrogen-bond donors (Lipinski definition) is 0. The first-order valence-corrected chi connectivity index (χ1v) is 10.8. The van der Waals surface area contributed by atoms with Gasteiger partial charge < -0.3 is 0 Å². The van der Waals surface area contributed by atoms with Gasteiger partial charge in [0, 0.05) is 17.7 Å². The highest BCUT2D eigenvalue weighted by Crippen LogP contribution is 2.34. The van der Waals surface area contributed by atoms with Gasteiger partial charge in [-0.25, -0.2) is 0 Å². The van der Waals surface area contributed by atoms with Crippen LogP contribution < -0.4 is 0 Å². The molecule has 29 heavy (non-hydrogen) atoms. The Morgan fingerprint density at radius 3 is 2.55 bits per heavy atom. The van der Waals surface area contributed by atoms with E-state index in [1.54, 1.807) is 0 Å². The summed E-state index contributed by atoms with van der Waals surface area (Å²) in [7, 11) is 0. The monoisotopic (exact) mass is 381 g/mol. The Morgan fingerprint density at radius 1 is 1.03 bits per heavy atom. The van der Waals surface area contributed by atoms with Crippen molar-refractivity contribution in [2.45, 2.75) is 52.9 Å².